The predicted octanol–water partition coefficient (Wildman–Crippen LogP) is 8.25. The SMILES string of the molecule is COc1ccc(O)c(C(c2ccccc2OC)c2[nH]c3cc(Cl)ccc3c2-c2c(O)ccc3ccccc23)c1. The Labute approximate surface area is 230 Å². The third-order valence-electron chi connectivity index (χ3n) is 7.23. The number of fused-ring (bicyclic) bond motifs is 2. The summed E-state index contributed by atoms with van der Waals surface area (Å²) in [6.45, 7) is 0. The van der Waals surface area contributed by atoms with Gasteiger partial charge in [0.2, 0.25) is 0 Å². The number of methoxy groups -OCH3 is 2. The molecule has 0 fully saturated rings. The highest BCUT2D eigenvalue weighted by Gasteiger charge is 2.30. The van der Waals surface area contributed by atoms with Crippen LogP contribution in [0.4, 0.5) is 0 Å². The molecule has 1 aromatic heterocycles. The number of benzene rings is 5. The maximum atomic E-state index is 11.3. The minimum absolute atomic E-state index is 0.108. The van der Waals surface area contributed by atoms with Gasteiger partial charge in [-0.3, -0.25) is 0 Å². The average molecular weight is 536 g/mol. The average Bonchev–Trinajstić information content (AvgIpc) is 3.31. The van der Waals surface area contributed by atoms with Crippen molar-refractivity contribution in [2.75, 3.05) is 14.2 Å². The Kier molecular flexibility index (Phi) is 6.29. The van der Waals surface area contributed by atoms with E-state index in [1.54, 1.807) is 32.4 Å². The summed E-state index contributed by atoms with van der Waals surface area (Å²) in [6, 6.07) is 30.2. The number of hydrogen-bond donors (Lipinski definition) is 3. The van der Waals surface area contributed by atoms with E-state index in [2.05, 4.69) is 4.98 Å². The number of ether oxygens (including phenoxy) is 2. The van der Waals surface area contributed by atoms with Crippen molar-refractivity contribution in [3.63, 3.8) is 0 Å². The fourth-order valence-corrected chi connectivity index (χ4v) is 5.65. The topological polar surface area (TPSA) is 74.7 Å². The number of nitrogens with one attached hydrogen (secondary N) is 1. The van der Waals surface area contributed by atoms with Crippen molar-refractivity contribution >= 4 is 33.3 Å². The van der Waals surface area contributed by atoms with E-state index >= 15 is 0 Å². The Morgan fingerprint density at radius 3 is 2.28 bits per heavy atom. The van der Waals surface area contributed by atoms with Crippen LogP contribution >= 0.6 is 11.6 Å². The zero-order valence-electron chi connectivity index (χ0n) is 21.4. The fraction of sp³-hybridized carbons (Fsp3) is 0.0909. The van der Waals surface area contributed by atoms with E-state index in [0.29, 0.717) is 27.6 Å². The molecule has 1 unspecified atom stereocenters. The summed E-state index contributed by atoms with van der Waals surface area (Å²) in [5, 5.41) is 25.9. The van der Waals surface area contributed by atoms with Gasteiger partial charge in [-0.05, 0) is 53.2 Å². The summed E-state index contributed by atoms with van der Waals surface area (Å²) in [4.78, 5) is 3.61. The van der Waals surface area contributed by atoms with Crippen LogP contribution in [0.15, 0.2) is 97.1 Å². The van der Waals surface area contributed by atoms with E-state index in [-0.39, 0.29) is 11.5 Å². The summed E-state index contributed by atoms with van der Waals surface area (Å²) >= 11 is 6.43. The van der Waals surface area contributed by atoms with Gasteiger partial charge in [-0.2, -0.15) is 0 Å². The van der Waals surface area contributed by atoms with E-state index in [9.17, 15) is 10.2 Å². The largest absolute Gasteiger partial charge is 0.508 e. The van der Waals surface area contributed by atoms with E-state index in [1.807, 2.05) is 78.9 Å². The van der Waals surface area contributed by atoms with Crippen LogP contribution in [-0.4, -0.2) is 29.4 Å². The van der Waals surface area contributed by atoms with Crippen LogP contribution in [0.25, 0.3) is 32.8 Å². The minimum Gasteiger partial charge on any atom is -0.508 e. The third kappa shape index (κ3) is 4.21. The first-order valence-corrected chi connectivity index (χ1v) is 12.9. The first kappa shape index (κ1) is 24.7. The minimum atomic E-state index is -0.518. The van der Waals surface area contributed by atoms with Gasteiger partial charge in [-0.25, -0.2) is 0 Å². The molecule has 0 aliphatic rings. The highest BCUT2D eigenvalue weighted by Crippen LogP contribution is 2.50. The molecule has 1 heterocycles. The molecule has 3 N–H and O–H groups in total. The zero-order chi connectivity index (χ0) is 27.1. The van der Waals surface area contributed by atoms with Gasteiger partial charge in [0.05, 0.1) is 20.1 Å². The molecular weight excluding hydrogens is 510 g/mol. The summed E-state index contributed by atoms with van der Waals surface area (Å²) in [5.74, 6) is 1.01. The van der Waals surface area contributed by atoms with Gasteiger partial charge >= 0.3 is 0 Å². The van der Waals surface area contributed by atoms with Crippen LogP contribution in [0.2, 0.25) is 5.02 Å². The Bertz CT molecular complexity index is 1840. The molecule has 0 aliphatic carbocycles. The molecular formula is C33H26ClNO4. The monoisotopic (exact) mass is 535 g/mol. The maximum Gasteiger partial charge on any atom is 0.124 e. The Morgan fingerprint density at radius 1 is 0.692 bits per heavy atom. The van der Waals surface area contributed by atoms with Crippen LogP contribution in [-0.2, 0) is 0 Å². The molecule has 5 nitrogen and oxygen atoms in total. The Hall–Kier alpha value is -4.61. The highest BCUT2D eigenvalue weighted by atomic mass is 35.5. The lowest BCUT2D eigenvalue weighted by Crippen LogP contribution is -2.08. The van der Waals surface area contributed by atoms with Crippen molar-refractivity contribution in [3.8, 4) is 34.1 Å². The number of phenolic OH excluding ortho intramolecular Hbond substituents is 2. The molecule has 6 aromatic rings. The third-order valence-corrected chi connectivity index (χ3v) is 7.47. The van der Waals surface area contributed by atoms with Crippen molar-refractivity contribution in [1.29, 1.82) is 0 Å². The smallest absolute Gasteiger partial charge is 0.124 e. The van der Waals surface area contributed by atoms with Crippen molar-refractivity contribution < 1.29 is 19.7 Å². The van der Waals surface area contributed by atoms with Crippen LogP contribution < -0.4 is 9.47 Å². The molecule has 0 radical (unpaired) electrons. The van der Waals surface area contributed by atoms with Crippen LogP contribution in [0, 0.1) is 0 Å². The van der Waals surface area contributed by atoms with E-state index in [0.717, 1.165) is 38.5 Å². The summed E-state index contributed by atoms with van der Waals surface area (Å²) in [5.41, 5.74) is 4.54. The van der Waals surface area contributed by atoms with Crippen molar-refractivity contribution in [2.45, 2.75) is 5.92 Å². The number of halogens is 1. The van der Waals surface area contributed by atoms with E-state index in [4.69, 9.17) is 21.1 Å². The molecule has 0 saturated carbocycles. The second-order valence-electron chi connectivity index (χ2n) is 9.38. The van der Waals surface area contributed by atoms with Crippen molar-refractivity contribution in [2.24, 2.45) is 0 Å². The van der Waals surface area contributed by atoms with Crippen LogP contribution in [0.5, 0.6) is 23.0 Å². The molecule has 6 rings (SSSR count). The molecule has 39 heavy (non-hydrogen) atoms. The Balaban J connectivity index is 1.78. The summed E-state index contributed by atoms with van der Waals surface area (Å²) in [6.07, 6.45) is 0. The molecule has 5 aromatic carbocycles. The standard InChI is InChI=1S/C33H26ClNO4/c1-38-21-13-16-27(36)25(18-21)30(24-9-5-6-10-29(24)39-2)33-32(23-14-12-20(34)17-26(23)35-33)31-22-8-4-3-7-19(22)11-15-28(31)37/h3-18,30,35-37H,1-2H3. The lowest BCUT2D eigenvalue weighted by atomic mass is 9.83. The first-order valence-electron chi connectivity index (χ1n) is 12.5. The number of aromatic hydroxyl groups is 2. The second kappa shape index (κ2) is 9.93. The van der Waals surface area contributed by atoms with Gasteiger partial charge in [0, 0.05) is 43.9 Å². The molecule has 194 valence electrons. The number of hydrogen-bond acceptors (Lipinski definition) is 4. The molecule has 0 bridgehead atoms. The molecule has 0 saturated heterocycles. The molecule has 0 spiro atoms. The van der Waals surface area contributed by atoms with Gasteiger partial charge in [0.15, 0.2) is 0 Å². The maximum absolute atomic E-state index is 11.3. The van der Waals surface area contributed by atoms with Crippen molar-refractivity contribution in [3.05, 3.63) is 119 Å². The molecule has 1 atom stereocenters. The number of para-hydroxylation sites is 1. The zero-order valence-corrected chi connectivity index (χ0v) is 22.2. The lowest BCUT2D eigenvalue weighted by molar-refractivity contribution is 0.405. The fourth-order valence-electron chi connectivity index (χ4n) is 5.47. The number of phenols is 2. The lowest BCUT2D eigenvalue weighted by Gasteiger charge is -2.23. The Morgan fingerprint density at radius 2 is 1.46 bits per heavy atom. The van der Waals surface area contributed by atoms with E-state index < -0.39 is 5.92 Å². The van der Waals surface area contributed by atoms with Gasteiger partial charge in [0.25, 0.3) is 0 Å². The van der Waals surface area contributed by atoms with Gasteiger partial charge in [0.1, 0.15) is 23.0 Å². The van der Waals surface area contributed by atoms with Gasteiger partial charge < -0.3 is 24.7 Å². The van der Waals surface area contributed by atoms with Crippen molar-refractivity contribution in [1.82, 2.24) is 4.98 Å². The second-order valence-corrected chi connectivity index (χ2v) is 9.82. The molecule has 0 amide bonds. The van der Waals surface area contributed by atoms with Crippen LogP contribution in [0.1, 0.15) is 22.7 Å². The normalized spacial score (nSPS) is 12.1. The number of aromatic amines is 1. The number of H-pyrrole nitrogens is 1. The number of rotatable bonds is 6. The van der Waals surface area contributed by atoms with Gasteiger partial charge in [-0.15, -0.1) is 0 Å². The van der Waals surface area contributed by atoms with Crippen LogP contribution in [0.3, 0.4) is 0 Å². The number of aromatic nitrogens is 1. The predicted molar refractivity (Wildman–Crippen MR) is 157 cm³/mol. The van der Waals surface area contributed by atoms with Gasteiger partial charge in [-0.1, -0.05) is 66.2 Å². The summed E-state index contributed by atoms with van der Waals surface area (Å²) < 4.78 is 11.3. The van der Waals surface area contributed by atoms with E-state index in [1.165, 1.54) is 0 Å². The highest BCUT2D eigenvalue weighted by molar-refractivity contribution is 6.31. The quantitative estimate of drug-likeness (QED) is 0.201. The summed E-state index contributed by atoms with van der Waals surface area (Å²) in [7, 11) is 3.22. The first-order chi connectivity index (χ1) is 19.0. The molecule has 0 aliphatic heterocycles. The molecule has 6 heteroatoms.